The van der Waals surface area contributed by atoms with Crippen molar-refractivity contribution in [2.75, 3.05) is 12.8 Å². The minimum Gasteiger partial charge on any atom is -0.393 e. The topological polar surface area (TPSA) is 94.9 Å². The molecule has 4 aromatic carbocycles. The molecular formula is C42H46F3NO5S. The van der Waals surface area contributed by atoms with Gasteiger partial charge >= 0.3 is 6.18 Å². The molecule has 4 atom stereocenters. The van der Waals surface area contributed by atoms with Crippen LogP contribution in [0.15, 0.2) is 96.6 Å². The van der Waals surface area contributed by atoms with Crippen molar-refractivity contribution in [1.82, 2.24) is 4.31 Å². The molecule has 52 heavy (non-hydrogen) atoms. The molecule has 0 heterocycles. The summed E-state index contributed by atoms with van der Waals surface area (Å²) in [6.45, 7) is 3.84. The van der Waals surface area contributed by atoms with Gasteiger partial charge in [0.1, 0.15) is 0 Å². The van der Waals surface area contributed by atoms with Gasteiger partial charge in [-0.15, -0.1) is 0 Å². The zero-order chi connectivity index (χ0) is 37.5. The fourth-order valence-electron chi connectivity index (χ4n) is 8.39. The highest BCUT2D eigenvalue weighted by Gasteiger charge is 2.58. The van der Waals surface area contributed by atoms with Crippen LogP contribution in [0.2, 0.25) is 0 Å². The first-order chi connectivity index (χ1) is 24.5. The molecule has 7 rings (SSSR count). The van der Waals surface area contributed by atoms with Gasteiger partial charge in [-0.2, -0.15) is 17.5 Å². The van der Waals surface area contributed by atoms with Crippen molar-refractivity contribution in [3.05, 3.63) is 130 Å². The monoisotopic (exact) mass is 733 g/mol. The van der Waals surface area contributed by atoms with Crippen LogP contribution in [-0.2, 0) is 29.2 Å². The number of sulfonamides is 1. The van der Waals surface area contributed by atoms with Crippen LogP contribution in [0.4, 0.5) is 13.2 Å². The molecule has 1 saturated carbocycles. The summed E-state index contributed by atoms with van der Waals surface area (Å²) in [4.78, 5) is 14.3. The summed E-state index contributed by atoms with van der Waals surface area (Å²) in [7, 11) is -3.82. The van der Waals surface area contributed by atoms with Gasteiger partial charge in [0.15, 0.2) is 5.78 Å². The fourth-order valence-corrected chi connectivity index (χ4v) is 9.21. The van der Waals surface area contributed by atoms with Gasteiger partial charge in [-0.1, -0.05) is 85.3 Å². The van der Waals surface area contributed by atoms with Crippen LogP contribution in [0.3, 0.4) is 0 Å². The summed E-state index contributed by atoms with van der Waals surface area (Å²) in [5.41, 5.74) is -0.0948. The first-order valence-electron chi connectivity index (χ1n) is 17.8. The predicted molar refractivity (Wildman–Crippen MR) is 197 cm³/mol. The number of ketones is 1. The average molecular weight is 734 g/mol. The molecule has 0 aliphatic heterocycles. The third-order valence-corrected chi connectivity index (χ3v) is 12.7. The van der Waals surface area contributed by atoms with Gasteiger partial charge < -0.3 is 10.2 Å². The van der Waals surface area contributed by atoms with Crippen LogP contribution >= 0.6 is 0 Å². The summed E-state index contributed by atoms with van der Waals surface area (Å²) >= 11 is 0. The van der Waals surface area contributed by atoms with Gasteiger partial charge in [-0.05, 0) is 103 Å². The molecule has 1 fully saturated rings. The Morgan fingerprint density at radius 3 is 2.44 bits per heavy atom. The number of aliphatic hydroxyl groups is 2. The maximum Gasteiger partial charge on any atom is 0.416 e. The molecule has 3 aliphatic rings. The van der Waals surface area contributed by atoms with E-state index in [4.69, 9.17) is 0 Å². The average Bonchev–Trinajstić information content (AvgIpc) is 3.34. The quantitative estimate of drug-likeness (QED) is 0.147. The lowest BCUT2D eigenvalue weighted by Gasteiger charge is -2.45. The highest BCUT2D eigenvalue weighted by molar-refractivity contribution is 7.88. The minimum atomic E-state index is -4.64. The van der Waals surface area contributed by atoms with Gasteiger partial charge in [0.05, 0.1) is 23.5 Å². The highest BCUT2D eigenvalue weighted by atomic mass is 32.2. The van der Waals surface area contributed by atoms with Crippen LogP contribution in [-0.4, -0.2) is 53.2 Å². The second kappa shape index (κ2) is 14.5. The molecular weight excluding hydrogens is 688 g/mol. The van der Waals surface area contributed by atoms with Crippen LogP contribution in [0.1, 0.15) is 96.5 Å². The van der Waals surface area contributed by atoms with E-state index in [1.807, 2.05) is 68.4 Å². The van der Waals surface area contributed by atoms with Gasteiger partial charge in [-0.3, -0.25) is 4.79 Å². The summed E-state index contributed by atoms with van der Waals surface area (Å²) in [6.07, 6.45) is 1.02. The van der Waals surface area contributed by atoms with E-state index in [9.17, 15) is 36.6 Å². The van der Waals surface area contributed by atoms with Crippen molar-refractivity contribution in [3.63, 3.8) is 0 Å². The molecule has 276 valence electrons. The number of carbonyl (C=O) groups is 1. The Hall–Kier alpha value is -3.83. The maximum atomic E-state index is 14.3. The van der Waals surface area contributed by atoms with Crippen LogP contribution in [0, 0.1) is 5.41 Å². The number of nitrogens with zero attached hydrogens (tertiary/aromatic N) is 1. The Bertz CT molecular complexity index is 2110. The number of hydrogen-bond donors (Lipinski definition) is 2. The second-order valence-electron chi connectivity index (χ2n) is 15.0. The maximum absolute atomic E-state index is 14.3. The van der Waals surface area contributed by atoms with Gasteiger partial charge in [0.2, 0.25) is 10.0 Å². The SMILES string of the molecule is CC1=CCC[C@@]2(C)[C@@H](CC[C@@]2(O)CN(Cc2cccc3ccccc23)S(C)(=O)=O)c2ccc(cc2C(=O)c2cccc(C(F)(F)F)c2)C[C@@H](O)CC1. The van der Waals surface area contributed by atoms with E-state index in [2.05, 4.69) is 6.08 Å². The van der Waals surface area contributed by atoms with Crippen molar-refractivity contribution >= 4 is 26.6 Å². The third kappa shape index (κ3) is 7.76. The predicted octanol–water partition coefficient (Wildman–Crippen LogP) is 8.59. The molecule has 6 nitrogen and oxygen atoms in total. The van der Waals surface area contributed by atoms with Crippen molar-refractivity contribution < 1.29 is 36.6 Å². The smallest absolute Gasteiger partial charge is 0.393 e. The number of rotatable bonds is 7. The van der Waals surface area contributed by atoms with Crippen molar-refractivity contribution in [2.45, 2.75) is 89.1 Å². The van der Waals surface area contributed by atoms with E-state index in [1.54, 1.807) is 6.07 Å². The number of fused-ring (bicyclic) bond motifs is 9. The van der Waals surface area contributed by atoms with Gasteiger partial charge in [0, 0.05) is 29.6 Å². The number of benzene rings is 4. The Labute approximate surface area is 304 Å². The first-order valence-corrected chi connectivity index (χ1v) is 19.7. The van der Waals surface area contributed by atoms with Crippen molar-refractivity contribution in [3.8, 4) is 0 Å². The van der Waals surface area contributed by atoms with E-state index < -0.39 is 50.6 Å². The van der Waals surface area contributed by atoms with E-state index in [-0.39, 0.29) is 37.1 Å². The molecule has 0 radical (unpaired) electrons. The fraction of sp³-hybridized carbons (Fsp3) is 0.405. The van der Waals surface area contributed by atoms with Crippen molar-refractivity contribution in [2.24, 2.45) is 5.41 Å². The number of aliphatic hydroxyl groups excluding tert-OH is 1. The minimum absolute atomic E-state index is 0.0541. The Balaban J connectivity index is 1.45. The van der Waals surface area contributed by atoms with Crippen LogP contribution in [0.5, 0.6) is 0 Å². The Kier molecular flexibility index (Phi) is 10.6. The molecule has 10 heteroatoms. The first kappa shape index (κ1) is 37.9. The molecule has 2 bridgehead atoms. The summed E-state index contributed by atoms with van der Waals surface area (Å²) < 4.78 is 69.5. The zero-order valence-electron chi connectivity index (χ0n) is 29.8. The number of halogens is 3. The molecule has 0 saturated heterocycles. The van der Waals surface area contributed by atoms with Crippen molar-refractivity contribution in [1.29, 1.82) is 0 Å². The zero-order valence-corrected chi connectivity index (χ0v) is 30.6. The molecule has 0 aromatic heterocycles. The number of alkyl halides is 3. The molecule has 0 spiro atoms. The van der Waals surface area contributed by atoms with E-state index >= 15 is 0 Å². The normalized spacial score (nSPS) is 24.4. The van der Waals surface area contributed by atoms with Crippen LogP contribution < -0.4 is 0 Å². The second-order valence-corrected chi connectivity index (χ2v) is 17.0. The Morgan fingerprint density at radius 1 is 0.962 bits per heavy atom. The largest absolute Gasteiger partial charge is 0.416 e. The molecule has 2 N–H and O–H groups in total. The summed E-state index contributed by atoms with van der Waals surface area (Å²) in [6, 6.07) is 23.2. The lowest BCUT2D eigenvalue weighted by molar-refractivity contribution is -0.137. The molecule has 3 aliphatic carbocycles. The number of carbonyl (C=O) groups excluding carboxylic acids is 1. The van der Waals surface area contributed by atoms with E-state index in [0.29, 0.717) is 43.2 Å². The molecule has 0 unspecified atom stereocenters. The number of allylic oxidation sites excluding steroid dienone is 2. The van der Waals surface area contributed by atoms with Crippen LogP contribution in [0.25, 0.3) is 10.8 Å². The highest BCUT2D eigenvalue weighted by Crippen LogP contribution is 2.59. The summed E-state index contributed by atoms with van der Waals surface area (Å²) in [5.74, 6) is -1.01. The van der Waals surface area contributed by atoms with Gasteiger partial charge in [-0.25, -0.2) is 8.42 Å². The van der Waals surface area contributed by atoms with E-state index in [1.165, 1.54) is 16.4 Å². The number of hydrogen-bond acceptors (Lipinski definition) is 5. The third-order valence-electron chi connectivity index (χ3n) is 11.5. The standard InChI is InChI=1S/C42H46F3NO5S/c1-28-9-8-21-40(2)38(20-22-41(40,49)27-46(52(3,50)51)26-32-13-6-11-30-10-4-5-15-35(30)32)36-19-17-29(23-34(47)18-16-28)24-37(36)39(48)31-12-7-14-33(25-31)42(43,44)45/h4-7,9-15,17,19,24-25,34,38,47,49H,8,16,18,20-23,26-27H2,1-3H3/t34-,38-,40-,41+/m0/s1. The lowest BCUT2D eigenvalue weighted by Crippen LogP contribution is -2.53. The molecule has 0 amide bonds. The Morgan fingerprint density at radius 2 is 1.69 bits per heavy atom. The van der Waals surface area contributed by atoms with E-state index in [0.717, 1.165) is 40.3 Å². The lowest BCUT2D eigenvalue weighted by atomic mass is 9.64. The summed E-state index contributed by atoms with van der Waals surface area (Å²) in [5, 5.41) is 25.6. The molecule has 4 aromatic rings. The van der Waals surface area contributed by atoms with Gasteiger partial charge in [0.25, 0.3) is 0 Å².